The second-order valence-electron chi connectivity index (χ2n) is 3.69. The number of anilines is 2. The first-order valence-corrected chi connectivity index (χ1v) is 4.71. The van der Waals surface area contributed by atoms with Crippen LogP contribution in [0, 0.1) is 6.92 Å². The monoisotopic (exact) mass is 193 g/mol. The molecule has 0 unspecified atom stereocenters. The van der Waals surface area contributed by atoms with E-state index in [1.54, 1.807) is 7.11 Å². The van der Waals surface area contributed by atoms with Gasteiger partial charge in [-0.05, 0) is 24.6 Å². The van der Waals surface area contributed by atoms with Gasteiger partial charge in [0.05, 0.1) is 6.10 Å². The number of hydrogen-bond donors (Lipinski definition) is 1. The summed E-state index contributed by atoms with van der Waals surface area (Å²) in [4.78, 5) is 6.44. The normalized spacial score (nSPS) is 16.9. The van der Waals surface area contributed by atoms with E-state index in [0.29, 0.717) is 11.9 Å². The molecule has 0 amide bonds. The summed E-state index contributed by atoms with van der Waals surface area (Å²) in [6, 6.07) is 3.92. The summed E-state index contributed by atoms with van der Waals surface area (Å²) in [7, 11) is 1.74. The number of nitrogens with two attached hydrogens (primary N) is 1. The van der Waals surface area contributed by atoms with Gasteiger partial charge in [-0.15, -0.1) is 0 Å². The number of nitrogens with zero attached hydrogens (tertiary/aromatic N) is 2. The predicted molar refractivity (Wildman–Crippen MR) is 56.4 cm³/mol. The summed E-state index contributed by atoms with van der Waals surface area (Å²) < 4.78 is 5.20. The molecule has 1 fully saturated rings. The van der Waals surface area contributed by atoms with Crippen LogP contribution in [0.25, 0.3) is 0 Å². The molecule has 1 aromatic heterocycles. The second kappa shape index (κ2) is 3.46. The van der Waals surface area contributed by atoms with Crippen molar-refractivity contribution in [2.24, 2.45) is 0 Å². The fraction of sp³-hybridized carbons (Fsp3) is 0.500. The Kier molecular flexibility index (Phi) is 2.29. The molecule has 1 saturated heterocycles. The van der Waals surface area contributed by atoms with Crippen molar-refractivity contribution in [2.75, 3.05) is 30.8 Å². The first-order chi connectivity index (χ1) is 6.69. The number of rotatable bonds is 2. The zero-order chi connectivity index (χ0) is 10.1. The molecular formula is C10H15N3O. The molecule has 0 bridgehead atoms. The Hall–Kier alpha value is -1.29. The van der Waals surface area contributed by atoms with E-state index < -0.39 is 0 Å². The van der Waals surface area contributed by atoms with Crippen LogP contribution in [0.2, 0.25) is 0 Å². The van der Waals surface area contributed by atoms with Crippen LogP contribution in [0.3, 0.4) is 0 Å². The average Bonchev–Trinajstić information content (AvgIpc) is 2.00. The maximum Gasteiger partial charge on any atom is 0.131 e. The lowest BCUT2D eigenvalue weighted by Crippen LogP contribution is -2.52. The summed E-state index contributed by atoms with van der Waals surface area (Å²) >= 11 is 0. The van der Waals surface area contributed by atoms with Crippen molar-refractivity contribution in [1.82, 2.24) is 4.98 Å². The molecule has 2 heterocycles. The van der Waals surface area contributed by atoms with E-state index in [-0.39, 0.29) is 0 Å². The average molecular weight is 193 g/mol. The van der Waals surface area contributed by atoms with Crippen molar-refractivity contribution >= 4 is 11.6 Å². The van der Waals surface area contributed by atoms with Crippen LogP contribution in [-0.2, 0) is 4.74 Å². The Balaban J connectivity index is 2.10. The Morgan fingerprint density at radius 3 is 2.79 bits per heavy atom. The van der Waals surface area contributed by atoms with E-state index in [1.807, 2.05) is 19.1 Å². The van der Waals surface area contributed by atoms with Crippen molar-refractivity contribution in [1.29, 1.82) is 0 Å². The van der Waals surface area contributed by atoms with Gasteiger partial charge in [-0.25, -0.2) is 4.98 Å². The van der Waals surface area contributed by atoms with E-state index in [0.717, 1.165) is 24.5 Å². The lowest BCUT2D eigenvalue weighted by atomic mass is 10.1. The van der Waals surface area contributed by atoms with Gasteiger partial charge in [0.15, 0.2) is 0 Å². The third kappa shape index (κ3) is 1.65. The van der Waals surface area contributed by atoms with E-state index in [9.17, 15) is 0 Å². The van der Waals surface area contributed by atoms with Crippen LogP contribution in [0.5, 0.6) is 0 Å². The van der Waals surface area contributed by atoms with Gasteiger partial charge < -0.3 is 15.4 Å². The summed E-state index contributed by atoms with van der Waals surface area (Å²) in [5, 5.41) is 0. The zero-order valence-corrected chi connectivity index (χ0v) is 8.53. The third-order valence-electron chi connectivity index (χ3n) is 2.48. The standard InChI is InChI=1S/C10H15N3O/c1-7-3-9(11)12-10(4-7)13-5-8(6-13)14-2/h3-4,8H,5-6H2,1-2H3,(H2,11,12). The zero-order valence-electron chi connectivity index (χ0n) is 8.53. The Morgan fingerprint density at radius 2 is 2.21 bits per heavy atom. The van der Waals surface area contributed by atoms with Crippen LogP contribution in [0.15, 0.2) is 12.1 Å². The molecule has 1 aromatic rings. The first-order valence-electron chi connectivity index (χ1n) is 4.71. The van der Waals surface area contributed by atoms with Crippen LogP contribution >= 0.6 is 0 Å². The number of aryl methyl sites for hydroxylation is 1. The van der Waals surface area contributed by atoms with Crippen molar-refractivity contribution in [2.45, 2.75) is 13.0 Å². The number of pyridine rings is 1. The summed E-state index contributed by atoms with van der Waals surface area (Å²) in [6.07, 6.45) is 0.346. The van der Waals surface area contributed by atoms with E-state index in [4.69, 9.17) is 10.5 Å². The maximum atomic E-state index is 5.67. The highest BCUT2D eigenvalue weighted by Crippen LogP contribution is 2.22. The minimum Gasteiger partial charge on any atom is -0.384 e. The van der Waals surface area contributed by atoms with Crippen molar-refractivity contribution < 1.29 is 4.74 Å². The molecule has 0 spiro atoms. The van der Waals surface area contributed by atoms with Gasteiger partial charge in [0, 0.05) is 20.2 Å². The minimum absolute atomic E-state index is 0.346. The molecule has 2 N–H and O–H groups in total. The number of ether oxygens (including phenoxy) is 1. The number of methoxy groups -OCH3 is 1. The van der Waals surface area contributed by atoms with Gasteiger partial charge in [-0.3, -0.25) is 0 Å². The number of aromatic nitrogens is 1. The molecule has 4 nitrogen and oxygen atoms in total. The Bertz CT molecular complexity index is 314. The van der Waals surface area contributed by atoms with Gasteiger partial charge in [-0.2, -0.15) is 0 Å². The largest absolute Gasteiger partial charge is 0.384 e. The lowest BCUT2D eigenvalue weighted by Gasteiger charge is -2.39. The molecular weight excluding hydrogens is 178 g/mol. The molecule has 0 aliphatic carbocycles. The smallest absolute Gasteiger partial charge is 0.131 e. The molecule has 76 valence electrons. The van der Waals surface area contributed by atoms with E-state index in [2.05, 4.69) is 9.88 Å². The number of hydrogen-bond acceptors (Lipinski definition) is 4. The van der Waals surface area contributed by atoms with Crippen LogP contribution in [0.4, 0.5) is 11.6 Å². The predicted octanol–water partition coefficient (Wildman–Crippen LogP) is 0.807. The molecule has 0 radical (unpaired) electrons. The molecule has 4 heteroatoms. The van der Waals surface area contributed by atoms with Gasteiger partial charge >= 0.3 is 0 Å². The van der Waals surface area contributed by atoms with Crippen molar-refractivity contribution in [3.63, 3.8) is 0 Å². The quantitative estimate of drug-likeness (QED) is 0.755. The first kappa shape index (κ1) is 9.27. The number of nitrogen functional groups attached to an aromatic ring is 1. The Morgan fingerprint density at radius 1 is 1.50 bits per heavy atom. The van der Waals surface area contributed by atoms with Crippen molar-refractivity contribution in [3.05, 3.63) is 17.7 Å². The van der Waals surface area contributed by atoms with Gasteiger partial charge in [0.2, 0.25) is 0 Å². The molecule has 2 rings (SSSR count). The van der Waals surface area contributed by atoms with E-state index >= 15 is 0 Å². The van der Waals surface area contributed by atoms with Gasteiger partial charge in [0.1, 0.15) is 11.6 Å². The SMILES string of the molecule is COC1CN(c2cc(C)cc(N)n2)C1. The summed E-state index contributed by atoms with van der Waals surface area (Å²) in [5.41, 5.74) is 6.82. The highest BCUT2D eigenvalue weighted by Gasteiger charge is 2.27. The summed E-state index contributed by atoms with van der Waals surface area (Å²) in [5.74, 6) is 1.54. The third-order valence-corrected chi connectivity index (χ3v) is 2.48. The Labute approximate surface area is 83.7 Å². The van der Waals surface area contributed by atoms with Crippen LogP contribution in [-0.4, -0.2) is 31.3 Å². The molecule has 0 atom stereocenters. The molecule has 14 heavy (non-hydrogen) atoms. The fourth-order valence-electron chi connectivity index (χ4n) is 1.61. The van der Waals surface area contributed by atoms with Gasteiger partial charge in [-0.1, -0.05) is 0 Å². The molecule has 0 aromatic carbocycles. The molecule has 0 saturated carbocycles. The highest BCUT2D eigenvalue weighted by molar-refractivity contribution is 5.50. The maximum absolute atomic E-state index is 5.67. The van der Waals surface area contributed by atoms with Crippen molar-refractivity contribution in [3.8, 4) is 0 Å². The highest BCUT2D eigenvalue weighted by atomic mass is 16.5. The second-order valence-corrected chi connectivity index (χ2v) is 3.69. The van der Waals surface area contributed by atoms with E-state index in [1.165, 1.54) is 0 Å². The van der Waals surface area contributed by atoms with Crippen LogP contribution in [0.1, 0.15) is 5.56 Å². The van der Waals surface area contributed by atoms with Gasteiger partial charge in [0.25, 0.3) is 0 Å². The fourth-order valence-corrected chi connectivity index (χ4v) is 1.61. The summed E-state index contributed by atoms with van der Waals surface area (Å²) in [6.45, 7) is 3.84. The van der Waals surface area contributed by atoms with Crippen LogP contribution < -0.4 is 10.6 Å². The minimum atomic E-state index is 0.346. The topological polar surface area (TPSA) is 51.4 Å². The lowest BCUT2D eigenvalue weighted by molar-refractivity contribution is 0.0783. The molecule has 1 aliphatic rings. The molecule has 1 aliphatic heterocycles.